The number of carbonyl (C=O) groups excluding carboxylic acids is 1. The van der Waals surface area contributed by atoms with Crippen molar-refractivity contribution in [3.63, 3.8) is 0 Å². The fourth-order valence-corrected chi connectivity index (χ4v) is 2.75. The molecule has 0 atom stereocenters. The molecule has 24 heavy (non-hydrogen) atoms. The molecule has 0 unspecified atom stereocenters. The molecule has 1 amide bonds. The van der Waals surface area contributed by atoms with E-state index in [0.717, 1.165) is 5.69 Å². The van der Waals surface area contributed by atoms with Crippen molar-refractivity contribution in [3.8, 4) is 11.3 Å². The Kier molecular flexibility index (Phi) is 4.60. The molecule has 0 aliphatic heterocycles. The number of anilines is 1. The van der Waals surface area contributed by atoms with Crippen LogP contribution in [0.15, 0.2) is 53.1 Å². The summed E-state index contributed by atoms with van der Waals surface area (Å²) in [5.41, 5.74) is 2.25. The van der Waals surface area contributed by atoms with Gasteiger partial charge < -0.3 is 9.42 Å². The molecule has 2 aromatic carbocycles. The summed E-state index contributed by atoms with van der Waals surface area (Å²) in [4.78, 5) is 14.5. The van der Waals surface area contributed by atoms with E-state index in [1.54, 1.807) is 50.4 Å². The maximum Gasteiger partial charge on any atom is 0.263 e. The topological polar surface area (TPSA) is 46.3 Å². The van der Waals surface area contributed by atoms with Crippen LogP contribution in [0, 0.1) is 6.92 Å². The molecule has 0 aliphatic carbocycles. The molecule has 3 aromatic rings. The second-order valence-corrected chi connectivity index (χ2v) is 6.14. The van der Waals surface area contributed by atoms with Crippen LogP contribution in [-0.2, 0) is 0 Å². The second-order valence-electron chi connectivity index (χ2n) is 5.29. The van der Waals surface area contributed by atoms with Crippen molar-refractivity contribution in [2.24, 2.45) is 0 Å². The average molecular weight is 361 g/mol. The Morgan fingerprint density at radius 1 is 1.08 bits per heavy atom. The van der Waals surface area contributed by atoms with Gasteiger partial charge in [-0.1, -0.05) is 40.5 Å². The molecule has 0 fully saturated rings. The van der Waals surface area contributed by atoms with E-state index in [9.17, 15) is 4.79 Å². The number of nitrogens with zero attached hydrogens (tertiary/aromatic N) is 2. The van der Waals surface area contributed by atoms with Crippen molar-refractivity contribution in [2.45, 2.75) is 6.92 Å². The third-order valence-electron chi connectivity index (χ3n) is 3.71. The van der Waals surface area contributed by atoms with Gasteiger partial charge in [-0.05, 0) is 43.3 Å². The first-order chi connectivity index (χ1) is 11.5. The Bertz CT molecular complexity index is 888. The highest BCUT2D eigenvalue weighted by molar-refractivity contribution is 6.33. The summed E-state index contributed by atoms with van der Waals surface area (Å²) in [6.45, 7) is 1.73. The van der Waals surface area contributed by atoms with E-state index in [1.807, 2.05) is 12.1 Å². The molecular weight excluding hydrogens is 347 g/mol. The number of hydrogen-bond acceptors (Lipinski definition) is 3. The fourth-order valence-electron chi connectivity index (χ4n) is 2.40. The number of aryl methyl sites for hydroxylation is 1. The number of hydrogen-bond donors (Lipinski definition) is 0. The van der Waals surface area contributed by atoms with E-state index in [2.05, 4.69) is 5.16 Å². The lowest BCUT2D eigenvalue weighted by atomic mass is 10.1. The second kappa shape index (κ2) is 6.67. The van der Waals surface area contributed by atoms with Gasteiger partial charge in [-0.3, -0.25) is 4.79 Å². The summed E-state index contributed by atoms with van der Waals surface area (Å²) < 4.78 is 5.39. The van der Waals surface area contributed by atoms with Gasteiger partial charge in [-0.15, -0.1) is 0 Å². The lowest BCUT2D eigenvalue weighted by molar-refractivity contribution is 0.0992. The molecule has 0 aliphatic rings. The van der Waals surface area contributed by atoms with Crippen LogP contribution in [0.3, 0.4) is 0 Å². The van der Waals surface area contributed by atoms with Crippen LogP contribution in [0.4, 0.5) is 5.69 Å². The molecule has 3 rings (SSSR count). The molecule has 1 heterocycles. The van der Waals surface area contributed by atoms with Crippen LogP contribution >= 0.6 is 23.2 Å². The Morgan fingerprint density at radius 2 is 1.75 bits per heavy atom. The minimum atomic E-state index is -0.231. The van der Waals surface area contributed by atoms with Gasteiger partial charge in [0, 0.05) is 23.3 Å². The Labute approximate surface area is 149 Å². The van der Waals surface area contributed by atoms with Crippen LogP contribution in [-0.4, -0.2) is 18.1 Å². The van der Waals surface area contributed by atoms with Gasteiger partial charge in [-0.2, -0.15) is 0 Å². The average Bonchev–Trinajstić information content (AvgIpc) is 2.96. The molecule has 0 saturated heterocycles. The standard InChI is InChI=1S/C18H14Cl2N2O2/c1-11-16(17(24-21-11)14-5-3-4-6-15(14)20)18(23)22(2)13-9-7-12(19)8-10-13/h3-10H,1-2H3. The first kappa shape index (κ1) is 16.6. The van der Waals surface area contributed by atoms with E-state index in [0.29, 0.717) is 32.6 Å². The zero-order chi connectivity index (χ0) is 17.3. The van der Waals surface area contributed by atoms with Crippen LogP contribution in [0.1, 0.15) is 16.1 Å². The number of carbonyl (C=O) groups is 1. The van der Waals surface area contributed by atoms with Gasteiger partial charge in [0.25, 0.3) is 5.91 Å². The first-order valence-electron chi connectivity index (χ1n) is 7.24. The maximum atomic E-state index is 13.0. The molecule has 1 aromatic heterocycles. The molecule has 6 heteroatoms. The van der Waals surface area contributed by atoms with Crippen LogP contribution < -0.4 is 4.90 Å². The minimum absolute atomic E-state index is 0.231. The zero-order valence-corrected chi connectivity index (χ0v) is 14.6. The normalized spacial score (nSPS) is 10.7. The van der Waals surface area contributed by atoms with Crippen LogP contribution in [0.2, 0.25) is 10.0 Å². The molecule has 0 N–H and O–H groups in total. The minimum Gasteiger partial charge on any atom is -0.355 e. The lowest BCUT2D eigenvalue weighted by Crippen LogP contribution is -2.27. The van der Waals surface area contributed by atoms with Gasteiger partial charge in [0.15, 0.2) is 5.76 Å². The molecule has 0 saturated carbocycles. The summed E-state index contributed by atoms with van der Waals surface area (Å²) in [5.74, 6) is 0.134. The monoisotopic (exact) mass is 360 g/mol. The molecule has 0 bridgehead atoms. The van der Waals surface area contributed by atoms with E-state index >= 15 is 0 Å². The van der Waals surface area contributed by atoms with Crippen molar-refractivity contribution in [3.05, 3.63) is 69.8 Å². The van der Waals surface area contributed by atoms with E-state index in [-0.39, 0.29) is 5.91 Å². The van der Waals surface area contributed by atoms with Crippen molar-refractivity contribution in [1.29, 1.82) is 0 Å². The first-order valence-corrected chi connectivity index (χ1v) is 7.99. The highest BCUT2D eigenvalue weighted by Crippen LogP contribution is 2.33. The van der Waals surface area contributed by atoms with E-state index in [1.165, 1.54) is 4.90 Å². The quantitative estimate of drug-likeness (QED) is 0.641. The lowest BCUT2D eigenvalue weighted by Gasteiger charge is -2.17. The third-order valence-corrected chi connectivity index (χ3v) is 4.30. The zero-order valence-electron chi connectivity index (χ0n) is 13.1. The van der Waals surface area contributed by atoms with Gasteiger partial charge >= 0.3 is 0 Å². The summed E-state index contributed by atoms with van der Waals surface area (Å²) in [5, 5.41) is 5.05. The Balaban J connectivity index is 2.03. The van der Waals surface area contributed by atoms with E-state index in [4.69, 9.17) is 27.7 Å². The van der Waals surface area contributed by atoms with Gasteiger partial charge in [0.2, 0.25) is 0 Å². The Morgan fingerprint density at radius 3 is 2.42 bits per heavy atom. The number of halogens is 2. The predicted octanol–water partition coefficient (Wildman–Crippen LogP) is 5.23. The molecule has 122 valence electrons. The number of rotatable bonds is 3. The maximum absolute atomic E-state index is 13.0. The van der Waals surface area contributed by atoms with Gasteiger partial charge in [-0.25, -0.2) is 0 Å². The molecule has 4 nitrogen and oxygen atoms in total. The van der Waals surface area contributed by atoms with Crippen LogP contribution in [0.5, 0.6) is 0 Å². The van der Waals surface area contributed by atoms with Crippen molar-refractivity contribution in [1.82, 2.24) is 5.16 Å². The fraction of sp³-hybridized carbons (Fsp3) is 0.111. The van der Waals surface area contributed by atoms with Gasteiger partial charge in [0.05, 0.1) is 10.7 Å². The van der Waals surface area contributed by atoms with Crippen molar-refractivity contribution < 1.29 is 9.32 Å². The summed E-state index contributed by atoms with van der Waals surface area (Å²) in [6, 6.07) is 14.2. The smallest absolute Gasteiger partial charge is 0.263 e. The summed E-state index contributed by atoms with van der Waals surface area (Å²) in [6.07, 6.45) is 0. The summed E-state index contributed by atoms with van der Waals surface area (Å²) in [7, 11) is 1.69. The SMILES string of the molecule is Cc1noc(-c2ccccc2Cl)c1C(=O)N(C)c1ccc(Cl)cc1. The largest absolute Gasteiger partial charge is 0.355 e. The highest BCUT2D eigenvalue weighted by atomic mass is 35.5. The molecule has 0 radical (unpaired) electrons. The van der Waals surface area contributed by atoms with Crippen molar-refractivity contribution >= 4 is 34.8 Å². The van der Waals surface area contributed by atoms with E-state index < -0.39 is 0 Å². The van der Waals surface area contributed by atoms with Crippen LogP contribution in [0.25, 0.3) is 11.3 Å². The highest BCUT2D eigenvalue weighted by Gasteiger charge is 2.26. The molecule has 0 spiro atoms. The molecular formula is C18H14Cl2N2O2. The van der Waals surface area contributed by atoms with Gasteiger partial charge in [0.1, 0.15) is 5.56 Å². The number of amides is 1. The number of benzene rings is 2. The summed E-state index contributed by atoms with van der Waals surface area (Å²) >= 11 is 12.1. The van der Waals surface area contributed by atoms with Crippen molar-refractivity contribution in [2.75, 3.05) is 11.9 Å². The number of aromatic nitrogens is 1. The third kappa shape index (κ3) is 3.03. The Hall–Kier alpha value is -2.30. The predicted molar refractivity (Wildman–Crippen MR) is 95.9 cm³/mol.